The van der Waals surface area contributed by atoms with Crippen LogP contribution in [0.25, 0.3) is 0 Å². The lowest BCUT2D eigenvalue weighted by Gasteiger charge is -2.22. The van der Waals surface area contributed by atoms with Crippen LogP contribution in [0.2, 0.25) is 0 Å². The normalized spacial score (nSPS) is 13.1. The molecular weight excluding hydrogens is 328 g/mol. The van der Waals surface area contributed by atoms with E-state index in [4.69, 9.17) is 0 Å². The van der Waals surface area contributed by atoms with Crippen molar-refractivity contribution in [3.05, 3.63) is 60.2 Å². The number of rotatable bonds is 8. The van der Waals surface area contributed by atoms with Crippen molar-refractivity contribution in [3.8, 4) is 0 Å². The maximum atomic E-state index is 12.7. The van der Waals surface area contributed by atoms with Gasteiger partial charge in [0.25, 0.3) is 5.91 Å². The molecular formula is C20H26N4O2. The van der Waals surface area contributed by atoms with Crippen molar-refractivity contribution in [1.29, 1.82) is 0 Å². The van der Waals surface area contributed by atoms with Gasteiger partial charge in [0, 0.05) is 24.9 Å². The molecule has 6 heteroatoms. The molecule has 0 aliphatic heterocycles. The van der Waals surface area contributed by atoms with Gasteiger partial charge in [-0.1, -0.05) is 44.2 Å². The number of nitrogens with one attached hydrogen (secondary N) is 2. The zero-order chi connectivity index (χ0) is 18.9. The Morgan fingerprint density at radius 3 is 2.38 bits per heavy atom. The number of carbonyl (C=O) groups is 2. The Morgan fingerprint density at radius 2 is 1.77 bits per heavy atom. The zero-order valence-electron chi connectivity index (χ0n) is 15.5. The van der Waals surface area contributed by atoms with Crippen LogP contribution < -0.4 is 10.6 Å². The molecule has 1 aromatic carbocycles. The summed E-state index contributed by atoms with van der Waals surface area (Å²) < 4.78 is 0. The maximum Gasteiger partial charge on any atom is 0.272 e. The van der Waals surface area contributed by atoms with Crippen molar-refractivity contribution in [2.24, 2.45) is 5.92 Å². The topological polar surface area (TPSA) is 84.0 Å². The van der Waals surface area contributed by atoms with Gasteiger partial charge in [-0.3, -0.25) is 14.6 Å². The Bertz CT molecular complexity index is 704. The van der Waals surface area contributed by atoms with Gasteiger partial charge in [-0.15, -0.1) is 0 Å². The summed E-state index contributed by atoms with van der Waals surface area (Å²) in [7, 11) is 0. The fourth-order valence-electron chi connectivity index (χ4n) is 2.82. The lowest BCUT2D eigenvalue weighted by molar-refractivity contribution is -0.123. The van der Waals surface area contributed by atoms with Gasteiger partial charge >= 0.3 is 0 Å². The van der Waals surface area contributed by atoms with Gasteiger partial charge in [0.05, 0.1) is 6.20 Å². The van der Waals surface area contributed by atoms with Crippen LogP contribution >= 0.6 is 0 Å². The van der Waals surface area contributed by atoms with Gasteiger partial charge in [-0.2, -0.15) is 0 Å². The second kappa shape index (κ2) is 9.65. The van der Waals surface area contributed by atoms with Crippen molar-refractivity contribution < 1.29 is 9.59 Å². The average Bonchev–Trinajstić information content (AvgIpc) is 2.62. The van der Waals surface area contributed by atoms with Crippen molar-refractivity contribution in [2.75, 3.05) is 0 Å². The Balaban J connectivity index is 2.10. The Morgan fingerprint density at radius 1 is 1.04 bits per heavy atom. The highest BCUT2D eigenvalue weighted by molar-refractivity contribution is 5.96. The smallest absolute Gasteiger partial charge is 0.272 e. The lowest BCUT2D eigenvalue weighted by Crippen LogP contribution is -2.50. The van der Waals surface area contributed by atoms with E-state index in [1.165, 1.54) is 18.6 Å². The fraction of sp³-hybridized carbons (Fsp3) is 0.400. The largest absolute Gasteiger partial charge is 0.352 e. The van der Waals surface area contributed by atoms with E-state index in [0.29, 0.717) is 12.3 Å². The lowest BCUT2D eigenvalue weighted by atomic mass is 10.0. The fourth-order valence-corrected chi connectivity index (χ4v) is 2.82. The highest BCUT2D eigenvalue weighted by Gasteiger charge is 2.24. The van der Waals surface area contributed by atoms with E-state index in [0.717, 1.165) is 12.0 Å². The van der Waals surface area contributed by atoms with Crippen molar-refractivity contribution in [2.45, 2.75) is 45.7 Å². The Hall–Kier alpha value is -2.76. The number of hydrogen-bond acceptors (Lipinski definition) is 4. The maximum absolute atomic E-state index is 12.7. The summed E-state index contributed by atoms with van der Waals surface area (Å²) in [5.41, 5.74) is 1.16. The molecule has 1 heterocycles. The quantitative estimate of drug-likeness (QED) is 0.762. The van der Waals surface area contributed by atoms with E-state index < -0.39 is 11.9 Å². The van der Waals surface area contributed by atoms with E-state index >= 15 is 0 Å². The summed E-state index contributed by atoms with van der Waals surface area (Å²) in [4.78, 5) is 33.1. The van der Waals surface area contributed by atoms with Crippen LogP contribution in [0.3, 0.4) is 0 Å². The molecule has 2 amide bonds. The van der Waals surface area contributed by atoms with Crippen LogP contribution in [-0.4, -0.2) is 33.9 Å². The molecule has 1 unspecified atom stereocenters. The average molecular weight is 354 g/mol. The molecule has 0 aliphatic carbocycles. The van der Waals surface area contributed by atoms with E-state index in [1.807, 2.05) is 37.3 Å². The molecule has 0 fully saturated rings. The molecule has 2 aromatic rings. The van der Waals surface area contributed by atoms with Crippen LogP contribution in [0.4, 0.5) is 0 Å². The Labute approximate surface area is 154 Å². The summed E-state index contributed by atoms with van der Waals surface area (Å²) >= 11 is 0. The molecule has 2 rings (SSSR count). The van der Waals surface area contributed by atoms with E-state index in [1.54, 1.807) is 0 Å². The minimum Gasteiger partial charge on any atom is -0.352 e. The van der Waals surface area contributed by atoms with Crippen LogP contribution in [0, 0.1) is 5.92 Å². The van der Waals surface area contributed by atoms with Crippen LogP contribution in [0.1, 0.15) is 43.2 Å². The van der Waals surface area contributed by atoms with Crippen molar-refractivity contribution in [3.63, 3.8) is 0 Å². The number of aromatic nitrogens is 2. The summed E-state index contributed by atoms with van der Waals surface area (Å²) in [6.45, 7) is 6.20. The third-order valence-electron chi connectivity index (χ3n) is 3.91. The van der Waals surface area contributed by atoms with Gasteiger partial charge in [-0.25, -0.2) is 4.98 Å². The highest BCUT2D eigenvalue weighted by atomic mass is 16.2. The predicted molar refractivity (Wildman–Crippen MR) is 100 cm³/mol. The van der Waals surface area contributed by atoms with E-state index in [9.17, 15) is 9.59 Å². The molecule has 6 nitrogen and oxygen atoms in total. The minimum atomic E-state index is -0.679. The third kappa shape index (κ3) is 6.27. The molecule has 0 aliphatic rings. The monoisotopic (exact) mass is 354 g/mol. The van der Waals surface area contributed by atoms with Gasteiger partial charge in [0.1, 0.15) is 11.7 Å². The first-order valence-electron chi connectivity index (χ1n) is 8.87. The summed E-state index contributed by atoms with van der Waals surface area (Å²) in [6, 6.07) is 8.97. The molecule has 0 saturated carbocycles. The molecule has 0 spiro atoms. The summed E-state index contributed by atoms with van der Waals surface area (Å²) in [5.74, 6) is -0.128. The van der Waals surface area contributed by atoms with Gasteiger partial charge < -0.3 is 10.6 Å². The zero-order valence-corrected chi connectivity index (χ0v) is 15.5. The molecule has 0 bridgehead atoms. The number of amides is 2. The first-order valence-corrected chi connectivity index (χ1v) is 8.87. The Kier molecular flexibility index (Phi) is 7.26. The second-order valence-corrected chi connectivity index (χ2v) is 6.85. The molecule has 1 aromatic heterocycles. The van der Waals surface area contributed by atoms with E-state index in [2.05, 4.69) is 34.4 Å². The third-order valence-corrected chi connectivity index (χ3v) is 3.91. The number of hydrogen-bond donors (Lipinski definition) is 2. The van der Waals surface area contributed by atoms with Crippen molar-refractivity contribution >= 4 is 11.8 Å². The molecule has 0 saturated heterocycles. The van der Waals surface area contributed by atoms with Gasteiger partial charge in [0.15, 0.2) is 0 Å². The molecule has 138 valence electrons. The first kappa shape index (κ1) is 19.6. The van der Waals surface area contributed by atoms with Crippen LogP contribution in [-0.2, 0) is 11.2 Å². The number of carbonyl (C=O) groups excluding carboxylic acids is 2. The summed E-state index contributed by atoms with van der Waals surface area (Å²) in [6.07, 6.45) is 5.62. The van der Waals surface area contributed by atoms with Gasteiger partial charge in [-0.05, 0) is 24.8 Å². The number of benzene rings is 1. The molecule has 0 radical (unpaired) electrons. The van der Waals surface area contributed by atoms with E-state index in [-0.39, 0.29) is 17.6 Å². The SMILES string of the molecule is CC(C)CC(C)NC(=O)[C@H](Cc1ccccc1)NC(=O)c1cnccn1. The molecule has 26 heavy (non-hydrogen) atoms. The summed E-state index contributed by atoms with van der Waals surface area (Å²) in [5, 5.41) is 5.79. The predicted octanol–water partition coefficient (Wildman–Crippen LogP) is 2.37. The highest BCUT2D eigenvalue weighted by Crippen LogP contribution is 2.07. The molecule has 2 atom stereocenters. The van der Waals surface area contributed by atoms with Crippen molar-refractivity contribution in [1.82, 2.24) is 20.6 Å². The minimum absolute atomic E-state index is 0.0363. The van der Waals surface area contributed by atoms with Crippen LogP contribution in [0.15, 0.2) is 48.9 Å². The van der Waals surface area contributed by atoms with Gasteiger partial charge in [0.2, 0.25) is 5.91 Å². The first-order chi connectivity index (χ1) is 12.5. The standard InChI is InChI=1S/C20H26N4O2/c1-14(2)11-15(3)23-19(25)17(12-16-7-5-4-6-8-16)24-20(26)18-13-21-9-10-22-18/h4-10,13-15,17H,11-12H2,1-3H3,(H,23,25)(H,24,26)/t15?,17-/m0/s1. The second-order valence-electron chi connectivity index (χ2n) is 6.85. The van der Waals surface area contributed by atoms with Crippen LogP contribution in [0.5, 0.6) is 0 Å². The molecule has 2 N–H and O–H groups in total. The number of nitrogens with zero attached hydrogens (tertiary/aromatic N) is 2.